The van der Waals surface area contributed by atoms with E-state index in [1.165, 1.54) is 5.56 Å². The second-order valence-corrected chi connectivity index (χ2v) is 9.31. The second-order valence-electron chi connectivity index (χ2n) is 9.31. The van der Waals surface area contributed by atoms with Crippen LogP contribution in [0.25, 0.3) is 0 Å². The Morgan fingerprint density at radius 1 is 0.781 bits per heavy atom. The highest BCUT2D eigenvalue weighted by atomic mass is 16.1. The smallest absolute Gasteiger partial charge is 0.159 e. The molecule has 3 heterocycles. The van der Waals surface area contributed by atoms with Gasteiger partial charge in [0.05, 0.1) is 11.1 Å². The number of nitrogens with one attached hydrogen (secondary N) is 7. The second kappa shape index (κ2) is 12.7. The van der Waals surface area contributed by atoms with Gasteiger partial charge in [-0.2, -0.15) is 0 Å². The van der Waals surface area contributed by atoms with Crippen LogP contribution in [0.4, 0.5) is 0 Å². The molecule has 3 aliphatic heterocycles. The number of hydrogen-bond donors (Lipinski definition) is 8. The van der Waals surface area contributed by atoms with Gasteiger partial charge in [0.15, 0.2) is 5.78 Å². The molecule has 1 aromatic rings. The number of fused-ring (bicyclic) bond motifs is 15. The highest BCUT2D eigenvalue weighted by Gasteiger charge is 2.30. The molecule has 32 heavy (non-hydrogen) atoms. The molecule has 0 aromatic heterocycles. The van der Waals surface area contributed by atoms with Gasteiger partial charge in [0.1, 0.15) is 0 Å². The minimum Gasteiger partial charge on any atom is -0.322 e. The van der Waals surface area contributed by atoms with Crippen LogP contribution in [0, 0.1) is 0 Å². The first-order chi connectivity index (χ1) is 15.5. The van der Waals surface area contributed by atoms with E-state index in [0.29, 0.717) is 0 Å². The summed E-state index contributed by atoms with van der Waals surface area (Å²) < 4.78 is 0. The molecule has 9 N–H and O–H groups in total. The van der Waals surface area contributed by atoms with Crippen LogP contribution in [0.1, 0.15) is 22.8 Å². The number of benzene rings is 1. The van der Waals surface area contributed by atoms with Gasteiger partial charge in [0, 0.05) is 90.6 Å². The number of hydrogen-bond acceptors (Lipinski definition) is 9. The molecule has 1 aromatic carbocycles. The van der Waals surface area contributed by atoms with Gasteiger partial charge < -0.3 is 43.0 Å². The van der Waals surface area contributed by atoms with Gasteiger partial charge in [-0.05, 0) is 12.5 Å². The van der Waals surface area contributed by atoms with E-state index in [1.807, 2.05) is 24.3 Å². The van der Waals surface area contributed by atoms with Gasteiger partial charge >= 0.3 is 0 Å². The summed E-state index contributed by atoms with van der Waals surface area (Å²) in [5.41, 5.74) is 8.13. The monoisotopic (exact) mass is 446 g/mol. The average molecular weight is 447 g/mol. The molecule has 3 fully saturated rings. The Balaban J connectivity index is 1.70. The van der Waals surface area contributed by atoms with E-state index < -0.39 is 0 Å². The third-order valence-electron chi connectivity index (χ3n) is 6.28. The molecule has 9 heteroatoms. The number of ketones is 1. The SMILES string of the molecule is CC(=O)c1ccc(CNC23CNCCNCC(N)(CNCCNC2)CNCCNC3)cc1. The van der Waals surface area contributed by atoms with Crippen molar-refractivity contribution in [2.24, 2.45) is 5.73 Å². The molecule has 0 aliphatic carbocycles. The molecule has 0 spiro atoms. The van der Waals surface area contributed by atoms with Gasteiger partial charge in [-0.25, -0.2) is 0 Å². The van der Waals surface area contributed by atoms with E-state index in [0.717, 1.165) is 90.6 Å². The lowest BCUT2D eigenvalue weighted by molar-refractivity contribution is 0.101. The molecule has 9 nitrogen and oxygen atoms in total. The van der Waals surface area contributed by atoms with E-state index >= 15 is 0 Å². The summed E-state index contributed by atoms with van der Waals surface area (Å²) in [7, 11) is 0. The molecule has 0 radical (unpaired) electrons. The zero-order chi connectivity index (χ0) is 22.7. The molecule has 0 saturated carbocycles. The molecular weight excluding hydrogens is 404 g/mol. The molecular formula is C23H42N8O. The van der Waals surface area contributed by atoms with Crippen molar-refractivity contribution in [2.45, 2.75) is 24.5 Å². The maximum Gasteiger partial charge on any atom is 0.159 e. The van der Waals surface area contributed by atoms with E-state index in [1.54, 1.807) is 6.92 Å². The third kappa shape index (κ3) is 8.17. The summed E-state index contributed by atoms with van der Waals surface area (Å²) in [4.78, 5) is 11.6. The molecule has 0 atom stereocenters. The number of Topliss-reactive ketones (excluding diaryl/α,β-unsaturated/α-hetero) is 1. The average Bonchev–Trinajstić information content (AvgIpc) is 2.79. The lowest BCUT2D eigenvalue weighted by atomic mass is 9.97. The van der Waals surface area contributed by atoms with Crippen molar-refractivity contribution in [1.82, 2.24) is 37.2 Å². The lowest BCUT2D eigenvalue weighted by Crippen LogP contribution is -2.66. The number of carbonyl (C=O) groups is 1. The topological polar surface area (TPSA) is 127 Å². The van der Waals surface area contributed by atoms with Crippen molar-refractivity contribution in [3.63, 3.8) is 0 Å². The number of carbonyl (C=O) groups excluding carboxylic acids is 1. The zero-order valence-corrected chi connectivity index (χ0v) is 19.5. The highest BCUT2D eigenvalue weighted by molar-refractivity contribution is 5.93. The van der Waals surface area contributed by atoms with Crippen molar-refractivity contribution in [3.05, 3.63) is 35.4 Å². The fraction of sp³-hybridized carbons (Fsp3) is 0.696. The maximum absolute atomic E-state index is 11.6. The Hall–Kier alpha value is -1.43. The molecule has 3 aliphatic rings. The quantitative estimate of drug-likeness (QED) is 0.247. The third-order valence-corrected chi connectivity index (χ3v) is 6.28. The summed E-state index contributed by atoms with van der Waals surface area (Å²) >= 11 is 0. The molecule has 180 valence electrons. The van der Waals surface area contributed by atoms with E-state index in [-0.39, 0.29) is 16.9 Å². The highest BCUT2D eigenvalue weighted by Crippen LogP contribution is 2.09. The van der Waals surface area contributed by atoms with Crippen molar-refractivity contribution in [1.29, 1.82) is 0 Å². The number of nitrogens with two attached hydrogens (primary N) is 1. The van der Waals surface area contributed by atoms with E-state index in [4.69, 9.17) is 5.73 Å². The predicted molar refractivity (Wildman–Crippen MR) is 130 cm³/mol. The Morgan fingerprint density at radius 2 is 1.19 bits per heavy atom. The van der Waals surface area contributed by atoms with E-state index in [9.17, 15) is 4.79 Å². The minimum atomic E-state index is -0.308. The van der Waals surface area contributed by atoms with Gasteiger partial charge in [-0.1, -0.05) is 24.3 Å². The Kier molecular flexibility index (Phi) is 10.0. The van der Waals surface area contributed by atoms with Crippen LogP contribution in [-0.4, -0.2) is 95.4 Å². The summed E-state index contributed by atoms with van der Waals surface area (Å²) in [5.74, 6) is 0.0977. The summed E-state index contributed by atoms with van der Waals surface area (Å²) in [6.07, 6.45) is 0. The molecule has 0 amide bonds. The van der Waals surface area contributed by atoms with Crippen LogP contribution in [-0.2, 0) is 6.54 Å². The van der Waals surface area contributed by atoms with Crippen LogP contribution in [0.3, 0.4) is 0 Å². The predicted octanol–water partition coefficient (Wildman–Crippen LogP) is -2.02. The van der Waals surface area contributed by atoms with Crippen LogP contribution < -0.4 is 43.0 Å². The van der Waals surface area contributed by atoms with E-state index in [2.05, 4.69) is 37.2 Å². The largest absolute Gasteiger partial charge is 0.322 e. The van der Waals surface area contributed by atoms with Crippen LogP contribution in [0.2, 0.25) is 0 Å². The summed E-state index contributed by atoms with van der Waals surface area (Å²) in [6, 6.07) is 7.90. The molecule has 2 bridgehead atoms. The van der Waals surface area contributed by atoms with Crippen molar-refractivity contribution < 1.29 is 4.79 Å². The van der Waals surface area contributed by atoms with Crippen LogP contribution >= 0.6 is 0 Å². The van der Waals surface area contributed by atoms with Crippen molar-refractivity contribution in [2.75, 3.05) is 78.5 Å². The molecule has 0 unspecified atom stereocenters. The first-order valence-electron chi connectivity index (χ1n) is 11.9. The Morgan fingerprint density at radius 3 is 1.59 bits per heavy atom. The Labute approximate surface area is 192 Å². The normalized spacial score (nSPS) is 29.2. The summed E-state index contributed by atoms with van der Waals surface area (Å²) in [5, 5.41) is 25.3. The molecule has 3 saturated heterocycles. The summed E-state index contributed by atoms with van der Waals surface area (Å²) in [6.45, 7) is 12.5. The minimum absolute atomic E-state index is 0.0977. The molecule has 4 rings (SSSR count). The zero-order valence-electron chi connectivity index (χ0n) is 19.5. The maximum atomic E-state index is 11.6. The van der Waals surface area contributed by atoms with Crippen molar-refractivity contribution in [3.8, 4) is 0 Å². The number of rotatable bonds is 4. The standard InChI is InChI=1S/C23H42N8O/c1-19(32)21-4-2-20(3-5-21)12-31-23-16-28-9-6-25-13-22(24,14-26-7-10-29-17-23)15-27-8-11-30-18-23/h2-5,25-31H,6-18,24H2,1H3. The van der Waals surface area contributed by atoms with Gasteiger partial charge in [-0.15, -0.1) is 0 Å². The van der Waals surface area contributed by atoms with Crippen molar-refractivity contribution >= 4 is 5.78 Å². The fourth-order valence-electron chi connectivity index (χ4n) is 4.23. The first kappa shape index (κ1) is 25.2. The van der Waals surface area contributed by atoms with Gasteiger partial charge in [0.25, 0.3) is 0 Å². The lowest BCUT2D eigenvalue weighted by Gasteiger charge is -2.37. The first-order valence-corrected chi connectivity index (χ1v) is 11.9. The van der Waals surface area contributed by atoms with Crippen LogP contribution in [0.15, 0.2) is 24.3 Å². The fourth-order valence-corrected chi connectivity index (χ4v) is 4.23. The van der Waals surface area contributed by atoms with Gasteiger partial charge in [-0.3, -0.25) is 4.79 Å². The van der Waals surface area contributed by atoms with Gasteiger partial charge in [0.2, 0.25) is 0 Å². The van der Waals surface area contributed by atoms with Crippen LogP contribution in [0.5, 0.6) is 0 Å². The Bertz CT molecular complexity index is 652.